The van der Waals surface area contributed by atoms with Crippen LogP contribution in [0.15, 0.2) is 18.3 Å². The fourth-order valence-electron chi connectivity index (χ4n) is 0.870. The van der Waals surface area contributed by atoms with Crippen molar-refractivity contribution in [3.05, 3.63) is 29.0 Å². The number of nitrogens with zero attached hydrogens (tertiary/aromatic N) is 1. The predicted octanol–water partition coefficient (Wildman–Crippen LogP) is 2.27. The molecule has 1 rings (SSSR count). The highest BCUT2D eigenvalue weighted by Gasteiger charge is 2.02. The zero-order valence-electron chi connectivity index (χ0n) is 6.83. The van der Waals surface area contributed by atoms with Gasteiger partial charge in [0.05, 0.1) is 5.02 Å². The zero-order chi connectivity index (χ0) is 8.97. The van der Waals surface area contributed by atoms with Crippen molar-refractivity contribution in [1.82, 2.24) is 4.98 Å². The summed E-state index contributed by atoms with van der Waals surface area (Å²) in [6, 6.07) is 3.77. The van der Waals surface area contributed by atoms with Gasteiger partial charge in [-0.3, -0.25) is 10.1 Å². The van der Waals surface area contributed by atoms with Crippen molar-refractivity contribution in [3.8, 4) is 0 Å². The molecule has 0 aliphatic carbocycles. The Hall–Kier alpha value is -0.250. The Morgan fingerprint density at radius 1 is 1.67 bits per heavy atom. The van der Waals surface area contributed by atoms with Crippen LogP contribution in [0.25, 0.3) is 0 Å². The van der Waals surface area contributed by atoms with Gasteiger partial charge in [-0.2, -0.15) is 0 Å². The summed E-state index contributed by atoms with van der Waals surface area (Å²) >= 11 is 7.04. The lowest BCUT2D eigenvalue weighted by atomic mass is 10.2. The van der Waals surface area contributed by atoms with Gasteiger partial charge in [0.1, 0.15) is 0 Å². The molecule has 1 aromatic heterocycles. The van der Waals surface area contributed by atoms with Gasteiger partial charge in [-0.05, 0) is 12.1 Å². The molecule has 0 bridgehead atoms. The van der Waals surface area contributed by atoms with E-state index in [-0.39, 0.29) is 0 Å². The Bertz CT molecular complexity index is 237. The molecule has 0 fully saturated rings. The Labute approximate surface area is 81.6 Å². The molecule has 1 heterocycles. The third-order valence-corrected chi connectivity index (χ3v) is 2.37. The number of hydrogen-bond donors (Lipinski definition) is 1. The van der Waals surface area contributed by atoms with Crippen LogP contribution in [-0.4, -0.2) is 10.2 Å². The lowest BCUT2D eigenvalue weighted by molar-refractivity contribution is 0.901. The van der Waals surface area contributed by atoms with Crippen molar-refractivity contribution in [1.29, 1.82) is 0 Å². The van der Waals surface area contributed by atoms with Crippen molar-refractivity contribution in [2.45, 2.75) is 18.6 Å². The second-order valence-electron chi connectivity index (χ2n) is 2.62. The summed E-state index contributed by atoms with van der Waals surface area (Å²) in [5.41, 5.74) is 1.03. The molecule has 2 nitrogen and oxygen atoms in total. The smallest absolute Gasteiger partial charge is 0.0589 e. The van der Waals surface area contributed by atoms with Crippen LogP contribution in [-0.2, 0) is 6.42 Å². The topological polar surface area (TPSA) is 38.9 Å². The van der Waals surface area contributed by atoms with Crippen LogP contribution < -0.4 is 5.14 Å². The molecule has 2 N–H and O–H groups in total. The molecule has 0 aliphatic heterocycles. The van der Waals surface area contributed by atoms with E-state index in [1.807, 2.05) is 12.1 Å². The number of hydrogen-bond acceptors (Lipinski definition) is 3. The molecule has 0 aromatic carbocycles. The van der Waals surface area contributed by atoms with Gasteiger partial charge in [0.15, 0.2) is 0 Å². The van der Waals surface area contributed by atoms with Crippen LogP contribution in [0.1, 0.15) is 12.6 Å². The SMILES string of the molecule is CC(Cc1ccc(Cl)cn1)SN. The summed E-state index contributed by atoms with van der Waals surface area (Å²) in [5, 5.41) is 6.49. The second-order valence-corrected chi connectivity index (χ2v) is 4.13. The van der Waals surface area contributed by atoms with Crippen LogP contribution in [0.4, 0.5) is 0 Å². The standard InChI is InChI=1S/C8H11ClN2S/c1-6(12-10)4-8-3-2-7(9)5-11-8/h2-3,5-6H,4,10H2,1H3. The molecule has 4 heteroatoms. The quantitative estimate of drug-likeness (QED) is 0.765. The van der Waals surface area contributed by atoms with E-state index in [0.717, 1.165) is 12.1 Å². The molecule has 0 spiro atoms. The largest absolute Gasteiger partial charge is 0.278 e. The second kappa shape index (κ2) is 4.70. The van der Waals surface area contributed by atoms with Gasteiger partial charge in [-0.1, -0.05) is 30.5 Å². The van der Waals surface area contributed by atoms with Crippen LogP contribution >= 0.6 is 23.5 Å². The van der Waals surface area contributed by atoms with Gasteiger partial charge < -0.3 is 0 Å². The lowest BCUT2D eigenvalue weighted by Gasteiger charge is -2.05. The number of pyridine rings is 1. The van der Waals surface area contributed by atoms with E-state index in [2.05, 4.69) is 11.9 Å². The van der Waals surface area contributed by atoms with Gasteiger partial charge in [-0.25, -0.2) is 0 Å². The maximum Gasteiger partial charge on any atom is 0.0589 e. The molecule has 0 saturated carbocycles. The van der Waals surface area contributed by atoms with Crippen LogP contribution in [0.3, 0.4) is 0 Å². The minimum atomic E-state index is 0.402. The molecule has 0 saturated heterocycles. The normalized spacial score (nSPS) is 12.9. The average molecular weight is 203 g/mol. The van der Waals surface area contributed by atoms with Gasteiger partial charge in [-0.15, -0.1) is 0 Å². The van der Waals surface area contributed by atoms with Crippen molar-refractivity contribution in [2.24, 2.45) is 5.14 Å². The van der Waals surface area contributed by atoms with E-state index in [9.17, 15) is 0 Å². The predicted molar refractivity (Wildman–Crippen MR) is 54.2 cm³/mol. The first kappa shape index (κ1) is 9.84. The van der Waals surface area contributed by atoms with Crippen LogP contribution in [0.2, 0.25) is 5.02 Å². The molecule has 12 heavy (non-hydrogen) atoms. The van der Waals surface area contributed by atoms with E-state index in [4.69, 9.17) is 16.7 Å². The first-order valence-electron chi connectivity index (χ1n) is 3.68. The highest BCUT2D eigenvalue weighted by molar-refractivity contribution is 7.97. The summed E-state index contributed by atoms with van der Waals surface area (Å²) < 4.78 is 0. The van der Waals surface area contributed by atoms with E-state index in [0.29, 0.717) is 10.3 Å². The third kappa shape index (κ3) is 3.01. The molecule has 1 aromatic rings. The Morgan fingerprint density at radius 2 is 2.42 bits per heavy atom. The minimum absolute atomic E-state index is 0.402. The summed E-state index contributed by atoms with van der Waals surface area (Å²) in [7, 11) is 0. The van der Waals surface area contributed by atoms with Crippen molar-refractivity contribution in [3.63, 3.8) is 0 Å². The monoisotopic (exact) mass is 202 g/mol. The van der Waals surface area contributed by atoms with Crippen molar-refractivity contribution < 1.29 is 0 Å². The van der Waals surface area contributed by atoms with Crippen molar-refractivity contribution >= 4 is 23.5 Å². The number of halogens is 1. The molecule has 0 radical (unpaired) electrons. The van der Waals surface area contributed by atoms with E-state index < -0.39 is 0 Å². The highest BCUT2D eigenvalue weighted by Crippen LogP contribution is 2.11. The van der Waals surface area contributed by atoms with E-state index in [1.54, 1.807) is 6.20 Å². The summed E-state index contributed by atoms with van der Waals surface area (Å²) in [6.45, 7) is 2.07. The Balaban J connectivity index is 2.58. The molecule has 1 unspecified atom stereocenters. The van der Waals surface area contributed by atoms with Crippen LogP contribution in [0, 0.1) is 0 Å². The number of aromatic nitrogens is 1. The van der Waals surface area contributed by atoms with Gasteiger partial charge in [0.25, 0.3) is 0 Å². The van der Waals surface area contributed by atoms with Crippen LogP contribution in [0.5, 0.6) is 0 Å². The Kier molecular flexibility index (Phi) is 3.85. The first-order valence-corrected chi connectivity index (χ1v) is 5.00. The summed E-state index contributed by atoms with van der Waals surface area (Å²) in [5.74, 6) is 0. The lowest BCUT2D eigenvalue weighted by Crippen LogP contribution is -2.05. The first-order chi connectivity index (χ1) is 5.72. The van der Waals surface area contributed by atoms with Gasteiger partial charge >= 0.3 is 0 Å². The molecule has 0 aliphatic rings. The van der Waals surface area contributed by atoms with Gasteiger partial charge in [0.2, 0.25) is 0 Å². The fraction of sp³-hybridized carbons (Fsp3) is 0.375. The van der Waals surface area contributed by atoms with E-state index in [1.165, 1.54) is 11.9 Å². The molecular weight excluding hydrogens is 192 g/mol. The summed E-state index contributed by atoms with van der Waals surface area (Å²) in [4.78, 5) is 4.17. The Morgan fingerprint density at radius 3 is 2.92 bits per heavy atom. The number of rotatable bonds is 3. The maximum atomic E-state index is 5.69. The maximum absolute atomic E-state index is 5.69. The van der Waals surface area contributed by atoms with E-state index >= 15 is 0 Å². The van der Waals surface area contributed by atoms with Gasteiger partial charge in [0, 0.05) is 23.6 Å². The average Bonchev–Trinajstić information content (AvgIpc) is 2.09. The minimum Gasteiger partial charge on any atom is -0.278 e. The fourth-order valence-corrected chi connectivity index (χ4v) is 1.25. The molecular formula is C8H11ClN2S. The molecule has 1 atom stereocenters. The highest BCUT2D eigenvalue weighted by atomic mass is 35.5. The van der Waals surface area contributed by atoms with Crippen molar-refractivity contribution in [2.75, 3.05) is 0 Å². The molecule has 0 amide bonds. The third-order valence-electron chi connectivity index (χ3n) is 1.52. The zero-order valence-corrected chi connectivity index (χ0v) is 8.40. The molecule has 66 valence electrons. The summed E-state index contributed by atoms with van der Waals surface area (Å²) in [6.07, 6.45) is 2.54. The number of nitrogens with two attached hydrogens (primary N) is 1.